The molecule has 172 valence electrons. The van der Waals surface area contributed by atoms with Gasteiger partial charge in [0.25, 0.3) is 0 Å². The van der Waals surface area contributed by atoms with Crippen LogP contribution in [0.2, 0.25) is 0 Å². The maximum absolute atomic E-state index is 11.4. The van der Waals surface area contributed by atoms with Crippen LogP contribution in [0.1, 0.15) is 111 Å². The van der Waals surface area contributed by atoms with Crippen LogP contribution in [0, 0.1) is 0 Å². The van der Waals surface area contributed by atoms with E-state index in [1.54, 1.807) is 0 Å². The van der Waals surface area contributed by atoms with Gasteiger partial charge >= 0.3 is 40.0 Å². The Balaban J connectivity index is -0.00000364. The molecule has 0 spiro atoms. The molecule has 0 rings (SSSR count). The summed E-state index contributed by atoms with van der Waals surface area (Å²) in [5.41, 5.74) is 0. The monoisotopic (exact) mass is 448 g/mol. The van der Waals surface area contributed by atoms with E-state index in [1.807, 2.05) is 0 Å². The number of aliphatic hydroxyl groups is 2. The first-order valence-electron chi connectivity index (χ1n) is 11.3. The molecule has 8 heteroatoms. The Hall–Kier alpha value is 0.790. The zero-order valence-corrected chi connectivity index (χ0v) is 21.8. The molecule has 0 heterocycles. The van der Waals surface area contributed by atoms with E-state index in [4.69, 9.17) is 14.4 Å². The molecule has 0 bridgehead atoms. The van der Waals surface area contributed by atoms with Gasteiger partial charge in [0, 0.05) is 0 Å². The molecule has 29 heavy (non-hydrogen) atoms. The first kappa shape index (κ1) is 32.0. The average molecular weight is 449 g/mol. The third kappa shape index (κ3) is 24.9. The van der Waals surface area contributed by atoms with E-state index < -0.39 is 29.7 Å². The van der Waals surface area contributed by atoms with Gasteiger partial charge in [-0.15, -0.1) is 0 Å². The first-order chi connectivity index (χ1) is 13.5. The van der Waals surface area contributed by atoms with Crippen LogP contribution in [0.25, 0.3) is 0 Å². The maximum atomic E-state index is 11.4. The van der Waals surface area contributed by atoms with E-state index in [1.165, 1.54) is 83.5 Å². The molecule has 0 aromatic heterocycles. The van der Waals surface area contributed by atoms with Gasteiger partial charge in [0.2, 0.25) is 0 Å². The molecule has 0 aliphatic carbocycles. The van der Waals surface area contributed by atoms with Crippen molar-refractivity contribution in [1.29, 1.82) is 0 Å². The van der Waals surface area contributed by atoms with Gasteiger partial charge in [0.1, 0.15) is 6.10 Å². The Morgan fingerprint density at radius 3 is 1.48 bits per heavy atom. The van der Waals surface area contributed by atoms with Gasteiger partial charge < -0.3 is 11.6 Å². The summed E-state index contributed by atoms with van der Waals surface area (Å²) in [5, 5.41) is 17.6. The van der Waals surface area contributed by atoms with Gasteiger partial charge in [0.15, 0.2) is 0 Å². The Kier molecular flexibility index (Phi) is 25.9. The van der Waals surface area contributed by atoms with E-state index in [0.717, 1.165) is 12.8 Å². The van der Waals surface area contributed by atoms with Gasteiger partial charge in [-0.05, 0) is 6.42 Å². The Morgan fingerprint density at radius 2 is 1.10 bits per heavy atom. The van der Waals surface area contributed by atoms with E-state index in [2.05, 4.69) is 11.1 Å². The fourth-order valence-electron chi connectivity index (χ4n) is 3.06. The van der Waals surface area contributed by atoms with Gasteiger partial charge in [-0.25, -0.2) is 8.37 Å². The summed E-state index contributed by atoms with van der Waals surface area (Å²) in [6.45, 7) is 1.32. The summed E-state index contributed by atoms with van der Waals surface area (Å²) in [4.78, 5) is 0. The minimum atomic E-state index is -4.08. The van der Waals surface area contributed by atoms with E-state index in [9.17, 15) is 8.42 Å². The molecule has 1 unspecified atom stereocenters. The maximum Gasteiger partial charge on any atom is 1.00 e. The minimum absolute atomic E-state index is 0. The van der Waals surface area contributed by atoms with Crippen molar-refractivity contribution >= 4 is 10.4 Å². The topological polar surface area (TPSA) is 93.1 Å². The third-order valence-electron chi connectivity index (χ3n) is 4.84. The fraction of sp³-hybridized carbons (Fsp3) is 1.00. The molecule has 6 nitrogen and oxygen atoms in total. The number of aliphatic hydroxyl groups excluding tert-OH is 2. The van der Waals surface area contributed by atoms with Crippen LogP contribution in [0.15, 0.2) is 0 Å². The Morgan fingerprint density at radius 1 is 0.724 bits per heavy atom. The van der Waals surface area contributed by atoms with Crippen molar-refractivity contribution in [3.8, 4) is 0 Å². The predicted molar refractivity (Wildman–Crippen MR) is 115 cm³/mol. The molecule has 0 fully saturated rings. The molecule has 0 amide bonds. The second-order valence-corrected chi connectivity index (χ2v) is 8.94. The second-order valence-electron chi connectivity index (χ2n) is 7.65. The normalized spacial score (nSPS) is 12.7. The summed E-state index contributed by atoms with van der Waals surface area (Å²) < 4.78 is 31.9. The van der Waals surface area contributed by atoms with Crippen LogP contribution in [0.5, 0.6) is 0 Å². The zero-order chi connectivity index (χ0) is 20.9. The summed E-state index contributed by atoms with van der Waals surface area (Å²) >= 11 is 0. The van der Waals surface area contributed by atoms with E-state index in [-0.39, 0.29) is 37.6 Å². The number of hydrogen-bond acceptors (Lipinski definition) is 6. The summed E-state index contributed by atoms with van der Waals surface area (Å²) in [6.07, 6.45) is 19.0. The Labute approximate surface area is 203 Å². The largest absolute Gasteiger partial charge is 1.00 e. The van der Waals surface area contributed by atoms with Crippen molar-refractivity contribution in [1.82, 2.24) is 0 Å². The van der Waals surface area contributed by atoms with Crippen molar-refractivity contribution in [3.63, 3.8) is 0 Å². The van der Waals surface area contributed by atoms with Crippen molar-refractivity contribution in [2.75, 3.05) is 19.8 Å². The van der Waals surface area contributed by atoms with Crippen LogP contribution in [-0.4, -0.2) is 44.6 Å². The van der Waals surface area contributed by atoms with Crippen LogP contribution in [0.4, 0.5) is 0 Å². The predicted octanol–water partition coefficient (Wildman–Crippen LogP) is 2.00. The molecule has 0 saturated heterocycles. The van der Waals surface area contributed by atoms with Crippen LogP contribution in [-0.2, 0) is 18.8 Å². The number of unbranched alkanes of at least 4 members (excludes halogenated alkanes) is 15. The van der Waals surface area contributed by atoms with Gasteiger partial charge in [-0.1, -0.05) is 103 Å². The van der Waals surface area contributed by atoms with Crippen LogP contribution in [0.3, 0.4) is 0 Å². The SMILES string of the molecule is CCCCCCCCCCCCCCCCCCOS(=O)(=O)OCC(O)CO.[H-].[Na+]. The quantitative estimate of drug-likeness (QED) is 0.194. The molecular weight excluding hydrogens is 403 g/mol. The molecular formula is C21H45NaO6S. The van der Waals surface area contributed by atoms with Gasteiger partial charge in [-0.3, -0.25) is 0 Å². The van der Waals surface area contributed by atoms with Crippen molar-refractivity contribution < 1.29 is 58.0 Å². The van der Waals surface area contributed by atoms with Crippen molar-refractivity contribution in [2.24, 2.45) is 0 Å². The molecule has 0 aliphatic heterocycles. The zero-order valence-electron chi connectivity index (χ0n) is 19.9. The van der Waals surface area contributed by atoms with Crippen molar-refractivity contribution in [2.45, 2.75) is 116 Å². The Bertz CT molecular complexity index is 426. The number of hydrogen-bond donors (Lipinski definition) is 2. The van der Waals surface area contributed by atoms with Gasteiger partial charge in [0.05, 0.1) is 19.8 Å². The first-order valence-corrected chi connectivity index (χ1v) is 12.7. The van der Waals surface area contributed by atoms with Crippen LogP contribution < -0.4 is 29.6 Å². The molecule has 0 saturated carbocycles. The summed E-state index contributed by atoms with van der Waals surface area (Å²) in [5.74, 6) is 0. The number of rotatable bonds is 22. The molecule has 2 N–H and O–H groups in total. The van der Waals surface area contributed by atoms with E-state index >= 15 is 0 Å². The van der Waals surface area contributed by atoms with Gasteiger partial charge in [-0.2, -0.15) is 8.42 Å². The molecule has 0 radical (unpaired) electrons. The van der Waals surface area contributed by atoms with E-state index in [0.29, 0.717) is 6.42 Å². The fourth-order valence-corrected chi connectivity index (χ4v) is 3.77. The molecule has 0 aromatic rings. The van der Waals surface area contributed by atoms with Crippen LogP contribution >= 0.6 is 0 Å². The molecule has 0 aliphatic rings. The standard InChI is InChI=1S/C21H44O6S.Na.H/c1-2-3-4-5-6-7-8-9-10-11-12-13-14-15-16-17-18-26-28(24,25)27-20-21(23)19-22;;/h21-23H,2-20H2,1H3;;/q;+1;-1. The third-order valence-corrected chi connectivity index (χ3v) is 5.72. The molecule has 1 atom stereocenters. The smallest absolute Gasteiger partial charge is 1.00 e. The average Bonchev–Trinajstić information content (AvgIpc) is 2.68. The van der Waals surface area contributed by atoms with Crippen molar-refractivity contribution in [3.05, 3.63) is 0 Å². The summed E-state index contributed by atoms with van der Waals surface area (Å²) in [7, 11) is -4.08. The minimum Gasteiger partial charge on any atom is -1.00 e. The second kappa shape index (κ2) is 23.5. The summed E-state index contributed by atoms with van der Waals surface area (Å²) in [6, 6.07) is 0. The molecule has 0 aromatic carbocycles.